The third kappa shape index (κ3) is 3.14. The smallest absolute Gasteiger partial charge is 0.390 e. The van der Waals surface area contributed by atoms with E-state index >= 15 is 0 Å². The Bertz CT molecular complexity index is 626. The molecule has 0 aliphatic heterocycles. The van der Waals surface area contributed by atoms with Crippen LogP contribution in [0.3, 0.4) is 0 Å². The molecule has 0 fully saturated rings. The number of hydrogen-bond donors (Lipinski definition) is 1. The molecule has 21 heavy (non-hydrogen) atoms. The molecule has 1 aromatic carbocycles. The van der Waals surface area contributed by atoms with Gasteiger partial charge in [0.1, 0.15) is 11.4 Å². The van der Waals surface area contributed by atoms with Crippen molar-refractivity contribution in [2.75, 3.05) is 0 Å². The van der Waals surface area contributed by atoms with E-state index in [1.165, 1.54) is 0 Å². The van der Waals surface area contributed by atoms with E-state index in [1.54, 1.807) is 0 Å². The third-order valence-electron chi connectivity index (χ3n) is 2.79. The van der Waals surface area contributed by atoms with E-state index in [2.05, 4.69) is 10.2 Å². The van der Waals surface area contributed by atoms with Gasteiger partial charge < -0.3 is 5.11 Å². The number of benzene rings is 1. The normalized spacial score (nSPS) is 12.0. The van der Waals surface area contributed by atoms with Gasteiger partial charge in [-0.25, -0.2) is 0 Å². The highest BCUT2D eigenvalue weighted by Gasteiger charge is 2.32. The maximum absolute atomic E-state index is 12.7. The monoisotopic (exact) mass is 339 g/mol. The third-order valence-corrected chi connectivity index (χ3v) is 3.37. The molecule has 0 amide bonds. The average molecular weight is 340 g/mol. The zero-order chi connectivity index (χ0) is 15.8. The predicted molar refractivity (Wildman–Crippen MR) is 71.7 cm³/mol. The van der Waals surface area contributed by atoms with Crippen molar-refractivity contribution in [3.63, 3.8) is 0 Å². The molecule has 1 heterocycles. The van der Waals surface area contributed by atoms with Crippen LogP contribution in [0.25, 0.3) is 5.69 Å². The summed E-state index contributed by atoms with van der Waals surface area (Å²) in [5.41, 5.74) is -0.0682. The van der Waals surface area contributed by atoms with Crippen molar-refractivity contribution in [1.82, 2.24) is 15.0 Å². The van der Waals surface area contributed by atoms with Crippen LogP contribution in [0.1, 0.15) is 23.9 Å². The second-order valence-corrected chi connectivity index (χ2v) is 5.00. The minimum Gasteiger partial charge on any atom is -0.390 e. The lowest BCUT2D eigenvalue weighted by Gasteiger charge is -2.11. The Morgan fingerprint density at radius 2 is 1.67 bits per heavy atom. The molecule has 0 unspecified atom stereocenters. The minimum absolute atomic E-state index is 0.0423. The van der Waals surface area contributed by atoms with Crippen molar-refractivity contribution in [3.05, 3.63) is 39.1 Å². The van der Waals surface area contributed by atoms with Gasteiger partial charge >= 0.3 is 6.18 Å². The lowest BCUT2D eigenvalue weighted by Crippen LogP contribution is -2.08. The number of rotatable bonds is 3. The number of alkyl halides is 3. The van der Waals surface area contributed by atoms with E-state index in [4.69, 9.17) is 28.3 Å². The van der Waals surface area contributed by atoms with Crippen molar-refractivity contribution >= 4 is 23.2 Å². The first-order valence-electron chi connectivity index (χ1n) is 5.90. The maximum atomic E-state index is 12.7. The molecule has 9 heteroatoms. The Hall–Kier alpha value is -1.31. The average Bonchev–Trinajstić information content (AvgIpc) is 2.79. The van der Waals surface area contributed by atoms with Crippen LogP contribution >= 0.6 is 23.2 Å². The first-order chi connectivity index (χ1) is 9.77. The van der Waals surface area contributed by atoms with Gasteiger partial charge in [0.25, 0.3) is 0 Å². The fourth-order valence-corrected chi connectivity index (χ4v) is 2.42. The van der Waals surface area contributed by atoms with Crippen LogP contribution in [0.2, 0.25) is 10.0 Å². The Labute approximate surface area is 128 Å². The van der Waals surface area contributed by atoms with E-state index in [1.807, 2.05) is 6.92 Å². The van der Waals surface area contributed by atoms with Gasteiger partial charge in [-0.2, -0.15) is 23.4 Å². The van der Waals surface area contributed by atoms with Crippen LogP contribution in [-0.4, -0.2) is 20.1 Å². The van der Waals surface area contributed by atoms with Crippen LogP contribution in [0.15, 0.2) is 12.1 Å². The summed E-state index contributed by atoms with van der Waals surface area (Å²) in [4.78, 5) is 1.04. The minimum atomic E-state index is -4.55. The van der Waals surface area contributed by atoms with Gasteiger partial charge in [0.05, 0.1) is 27.9 Å². The number of aromatic nitrogens is 3. The summed E-state index contributed by atoms with van der Waals surface area (Å²) in [5.74, 6) is 0. The molecule has 0 aliphatic rings. The zero-order valence-electron chi connectivity index (χ0n) is 10.7. The molecule has 0 radical (unpaired) electrons. The highest BCUT2D eigenvalue weighted by molar-refractivity contribution is 6.37. The number of hydrogen-bond acceptors (Lipinski definition) is 3. The molecule has 2 rings (SSSR count). The Balaban J connectivity index is 2.57. The van der Waals surface area contributed by atoms with Gasteiger partial charge in [-0.3, -0.25) is 0 Å². The fraction of sp³-hybridized carbons (Fsp3) is 0.333. The van der Waals surface area contributed by atoms with Gasteiger partial charge in [-0.05, 0) is 18.6 Å². The predicted octanol–water partition coefficient (Wildman–Crippen LogP) is 3.65. The number of halogens is 5. The largest absolute Gasteiger partial charge is 0.416 e. The number of aliphatic hydroxyl groups excluding tert-OH is 1. The van der Waals surface area contributed by atoms with Gasteiger partial charge in [0.15, 0.2) is 0 Å². The first kappa shape index (κ1) is 16.1. The molecule has 0 saturated carbocycles. The summed E-state index contributed by atoms with van der Waals surface area (Å²) < 4.78 is 38.0. The molecule has 0 atom stereocenters. The van der Waals surface area contributed by atoms with Gasteiger partial charge in [0.2, 0.25) is 0 Å². The van der Waals surface area contributed by atoms with E-state index in [0.29, 0.717) is 17.8 Å². The SMILES string of the molecule is CCc1nn(-c2c(Cl)cc(C(F)(F)F)cc2Cl)nc1CO. The van der Waals surface area contributed by atoms with Gasteiger partial charge in [-0.1, -0.05) is 30.1 Å². The Morgan fingerprint density at radius 1 is 1.14 bits per heavy atom. The number of aryl methyl sites for hydroxylation is 1. The fourth-order valence-electron chi connectivity index (χ4n) is 1.78. The highest BCUT2D eigenvalue weighted by Crippen LogP contribution is 2.37. The molecule has 2 aromatic rings. The molecule has 0 bridgehead atoms. The summed E-state index contributed by atoms with van der Waals surface area (Å²) in [6, 6.07) is 1.52. The number of nitrogens with zero attached hydrogens (tertiary/aromatic N) is 3. The highest BCUT2D eigenvalue weighted by atomic mass is 35.5. The van der Waals surface area contributed by atoms with Crippen LogP contribution in [0.4, 0.5) is 13.2 Å². The summed E-state index contributed by atoms with van der Waals surface area (Å²) in [6.45, 7) is 1.47. The lowest BCUT2D eigenvalue weighted by molar-refractivity contribution is -0.137. The van der Waals surface area contributed by atoms with Crippen molar-refractivity contribution in [3.8, 4) is 5.69 Å². The van der Waals surface area contributed by atoms with Crippen molar-refractivity contribution < 1.29 is 18.3 Å². The quantitative estimate of drug-likeness (QED) is 0.928. The van der Waals surface area contributed by atoms with E-state index in [0.717, 1.165) is 16.9 Å². The second kappa shape index (κ2) is 5.82. The molecule has 0 aliphatic carbocycles. The molecule has 4 nitrogen and oxygen atoms in total. The van der Waals surface area contributed by atoms with Crippen molar-refractivity contribution in [2.45, 2.75) is 26.1 Å². The molecule has 0 spiro atoms. The van der Waals surface area contributed by atoms with Gasteiger partial charge in [-0.15, -0.1) is 4.80 Å². The standard InChI is InChI=1S/C12H10Cl2F3N3O/c1-2-9-10(5-21)19-20(18-9)11-7(13)3-6(4-8(11)14)12(15,16)17/h3-4,21H,2,5H2,1H3. The summed E-state index contributed by atoms with van der Waals surface area (Å²) in [6.07, 6.45) is -4.04. The van der Waals surface area contributed by atoms with E-state index in [9.17, 15) is 13.2 Å². The second-order valence-electron chi connectivity index (χ2n) is 4.18. The van der Waals surface area contributed by atoms with Crippen LogP contribution < -0.4 is 0 Å². The summed E-state index contributed by atoms with van der Waals surface area (Å²) in [7, 11) is 0. The number of aliphatic hydroxyl groups is 1. The Kier molecular flexibility index (Phi) is 4.46. The van der Waals surface area contributed by atoms with E-state index in [-0.39, 0.29) is 22.3 Å². The summed E-state index contributed by atoms with van der Waals surface area (Å²) in [5, 5.41) is 16.8. The summed E-state index contributed by atoms with van der Waals surface area (Å²) >= 11 is 11.8. The maximum Gasteiger partial charge on any atom is 0.416 e. The molecule has 1 aromatic heterocycles. The molecular formula is C12H10Cl2F3N3O. The molecule has 114 valence electrons. The van der Waals surface area contributed by atoms with Crippen LogP contribution in [0, 0.1) is 0 Å². The van der Waals surface area contributed by atoms with Gasteiger partial charge in [0, 0.05) is 0 Å². The van der Waals surface area contributed by atoms with Crippen molar-refractivity contribution in [1.29, 1.82) is 0 Å². The Morgan fingerprint density at radius 3 is 2.05 bits per heavy atom. The zero-order valence-corrected chi connectivity index (χ0v) is 12.3. The van der Waals surface area contributed by atoms with Crippen LogP contribution in [-0.2, 0) is 19.2 Å². The molecular weight excluding hydrogens is 330 g/mol. The first-order valence-corrected chi connectivity index (χ1v) is 6.66. The molecule has 1 N–H and O–H groups in total. The molecule has 0 saturated heterocycles. The van der Waals surface area contributed by atoms with Crippen molar-refractivity contribution in [2.24, 2.45) is 0 Å². The lowest BCUT2D eigenvalue weighted by atomic mass is 10.2. The van der Waals surface area contributed by atoms with Crippen LogP contribution in [0.5, 0.6) is 0 Å². The topological polar surface area (TPSA) is 50.9 Å². The van der Waals surface area contributed by atoms with E-state index < -0.39 is 11.7 Å².